The van der Waals surface area contributed by atoms with E-state index in [1.165, 1.54) is 22.7 Å². The highest BCUT2D eigenvalue weighted by atomic mass is 32.2. The molecule has 0 aliphatic rings. The van der Waals surface area contributed by atoms with Gasteiger partial charge in [0.15, 0.2) is 17.4 Å². The van der Waals surface area contributed by atoms with Gasteiger partial charge in [-0.15, -0.1) is 45.7 Å². The molecule has 0 saturated heterocycles. The molecular weight excluding hydrogens is 345 g/mol. The summed E-state index contributed by atoms with van der Waals surface area (Å²) in [6.07, 6.45) is 2.32. The van der Waals surface area contributed by atoms with Crippen molar-refractivity contribution in [2.24, 2.45) is 0 Å². The predicted molar refractivity (Wildman–Crippen MR) is 85.0 cm³/mol. The molecule has 0 aliphatic carbocycles. The molecule has 10 heteroatoms. The lowest BCUT2D eigenvalue weighted by Crippen LogP contribution is -1.84. The first-order valence-corrected chi connectivity index (χ1v) is 9.54. The summed E-state index contributed by atoms with van der Waals surface area (Å²) in [6.45, 7) is 0. The van der Waals surface area contributed by atoms with Gasteiger partial charge in [-0.25, -0.2) is 0 Å². The van der Waals surface area contributed by atoms with Gasteiger partial charge in [-0.3, -0.25) is 0 Å². The molecule has 0 aromatic carbocycles. The lowest BCUT2D eigenvalue weighted by Gasteiger charge is -1.97. The van der Waals surface area contributed by atoms with E-state index in [0.717, 1.165) is 41.7 Å². The Kier molecular flexibility index (Phi) is 6.59. The van der Waals surface area contributed by atoms with Crippen LogP contribution in [0.15, 0.2) is 17.4 Å². The van der Waals surface area contributed by atoms with Crippen LogP contribution in [0.1, 0.15) is 12.8 Å². The number of hydrogen-bond acceptors (Lipinski definition) is 10. The van der Waals surface area contributed by atoms with E-state index in [9.17, 15) is 0 Å². The number of unbranched alkanes of at least 4 members (excludes halogenated alkanes) is 1. The van der Waals surface area contributed by atoms with Gasteiger partial charge in [0, 0.05) is 11.5 Å². The van der Waals surface area contributed by atoms with E-state index in [1.807, 2.05) is 0 Å². The van der Waals surface area contributed by atoms with Crippen molar-refractivity contribution >= 4 is 71.5 Å². The quantitative estimate of drug-likeness (QED) is 0.450. The van der Waals surface area contributed by atoms with Crippen LogP contribution in [0, 0.1) is 0 Å². The first kappa shape index (κ1) is 14.9. The maximum absolute atomic E-state index is 4.14. The van der Waals surface area contributed by atoms with Crippen LogP contribution in [0.25, 0.3) is 0 Å². The Morgan fingerprint density at radius 1 is 0.778 bits per heavy atom. The average molecular weight is 355 g/mol. The van der Waals surface area contributed by atoms with Gasteiger partial charge in [-0.05, 0) is 12.8 Å². The minimum Gasteiger partial charge on any atom is -0.131 e. The van der Waals surface area contributed by atoms with Crippen LogP contribution in [0.5, 0.6) is 0 Å². The van der Waals surface area contributed by atoms with E-state index < -0.39 is 0 Å². The molecule has 0 radical (unpaired) electrons. The Bertz CT molecular complexity index is 439. The zero-order valence-corrected chi connectivity index (χ0v) is 14.2. The molecule has 0 N–H and O–H groups in total. The van der Waals surface area contributed by atoms with Crippen LogP contribution in [-0.2, 0) is 0 Å². The molecule has 2 heterocycles. The van der Waals surface area contributed by atoms with Crippen molar-refractivity contribution in [3.63, 3.8) is 0 Å². The maximum atomic E-state index is 4.14. The summed E-state index contributed by atoms with van der Waals surface area (Å²) in [5.41, 5.74) is 0. The van der Waals surface area contributed by atoms with Crippen LogP contribution >= 0.6 is 71.5 Å². The van der Waals surface area contributed by atoms with E-state index >= 15 is 0 Å². The fourth-order valence-electron chi connectivity index (χ4n) is 1.04. The number of hydrogen-bond donors (Lipinski definition) is 2. The zero-order valence-electron chi connectivity index (χ0n) is 9.14. The third-order valence-corrected chi connectivity index (χ3v) is 6.40. The summed E-state index contributed by atoms with van der Waals surface area (Å²) >= 11 is 14.8. The molecule has 2 aromatic heterocycles. The number of aromatic nitrogens is 4. The van der Waals surface area contributed by atoms with Gasteiger partial charge in [0.25, 0.3) is 0 Å². The lowest BCUT2D eigenvalue weighted by atomic mass is 10.4. The molecule has 18 heavy (non-hydrogen) atoms. The normalized spacial score (nSPS) is 11.0. The van der Waals surface area contributed by atoms with Gasteiger partial charge >= 0.3 is 0 Å². The molecule has 0 saturated carbocycles. The fraction of sp³-hybridized carbons (Fsp3) is 0.500. The Hall–Kier alpha value is 0.520. The Labute approximate surface area is 133 Å². The van der Waals surface area contributed by atoms with Crippen LogP contribution in [0.2, 0.25) is 0 Å². The van der Waals surface area contributed by atoms with E-state index in [-0.39, 0.29) is 0 Å². The molecule has 0 aliphatic heterocycles. The van der Waals surface area contributed by atoms with Crippen molar-refractivity contribution in [2.75, 3.05) is 11.5 Å². The molecule has 4 nitrogen and oxygen atoms in total. The molecule has 2 aromatic rings. The van der Waals surface area contributed by atoms with Crippen molar-refractivity contribution < 1.29 is 0 Å². The lowest BCUT2D eigenvalue weighted by molar-refractivity contribution is 0.899. The second-order valence-electron chi connectivity index (χ2n) is 3.11. The van der Waals surface area contributed by atoms with Crippen molar-refractivity contribution in [3.05, 3.63) is 0 Å². The molecule has 0 bridgehead atoms. The Morgan fingerprint density at radius 3 is 1.56 bits per heavy atom. The van der Waals surface area contributed by atoms with Crippen LogP contribution < -0.4 is 0 Å². The molecule has 0 fully saturated rings. The molecule has 98 valence electrons. The summed E-state index contributed by atoms with van der Waals surface area (Å²) in [5.74, 6) is 2.13. The number of rotatable bonds is 7. The van der Waals surface area contributed by atoms with Crippen molar-refractivity contribution in [1.82, 2.24) is 20.4 Å². The zero-order chi connectivity index (χ0) is 12.8. The maximum Gasteiger partial charge on any atom is 0.175 e. The Balaban J connectivity index is 1.54. The van der Waals surface area contributed by atoms with Gasteiger partial charge in [-0.1, -0.05) is 46.2 Å². The second kappa shape index (κ2) is 7.95. The summed E-state index contributed by atoms with van der Waals surface area (Å²) in [5, 5.41) is 15.7. The third kappa shape index (κ3) is 5.25. The highest BCUT2D eigenvalue weighted by Gasteiger charge is 2.03. The first-order valence-electron chi connectivity index (χ1n) is 5.04. The predicted octanol–water partition coefficient (Wildman–Crippen LogP) is 3.63. The first-order chi connectivity index (χ1) is 8.74. The highest BCUT2D eigenvalue weighted by Crippen LogP contribution is 2.27. The number of thiol groups is 2. The molecule has 0 unspecified atom stereocenters. The fourth-order valence-corrected chi connectivity index (χ4v) is 5.35. The van der Waals surface area contributed by atoms with E-state index in [2.05, 4.69) is 45.7 Å². The topological polar surface area (TPSA) is 51.6 Å². The Morgan fingerprint density at radius 2 is 1.22 bits per heavy atom. The summed E-state index contributed by atoms with van der Waals surface area (Å²) < 4.78 is 3.45. The average Bonchev–Trinajstić information content (AvgIpc) is 2.93. The monoisotopic (exact) mass is 354 g/mol. The summed E-state index contributed by atoms with van der Waals surface area (Å²) in [6, 6.07) is 0. The third-order valence-electron chi connectivity index (χ3n) is 1.78. The molecular formula is C8H10N4S6. The SMILES string of the molecule is Sc1nnc(SCCCCSc2nnc(S)s2)s1. The molecule has 2 rings (SSSR count). The van der Waals surface area contributed by atoms with Gasteiger partial charge in [0.2, 0.25) is 0 Å². The molecule has 0 spiro atoms. The van der Waals surface area contributed by atoms with E-state index in [1.54, 1.807) is 23.5 Å². The number of thioether (sulfide) groups is 2. The van der Waals surface area contributed by atoms with Gasteiger partial charge in [0.05, 0.1) is 0 Å². The van der Waals surface area contributed by atoms with Crippen LogP contribution in [-0.4, -0.2) is 31.9 Å². The minimum atomic E-state index is 0.729. The molecule has 0 atom stereocenters. The van der Waals surface area contributed by atoms with Gasteiger partial charge in [-0.2, -0.15) is 0 Å². The standard InChI is InChI=1S/C8H10N4S6/c13-5-9-11-7(17-5)15-3-1-2-4-16-8-12-10-6(14)18-8/h1-4H2,(H,9,13)(H,10,14). The van der Waals surface area contributed by atoms with E-state index in [4.69, 9.17) is 0 Å². The van der Waals surface area contributed by atoms with Crippen molar-refractivity contribution in [1.29, 1.82) is 0 Å². The van der Waals surface area contributed by atoms with Gasteiger partial charge < -0.3 is 0 Å². The van der Waals surface area contributed by atoms with Crippen LogP contribution in [0.4, 0.5) is 0 Å². The molecule has 0 amide bonds. The van der Waals surface area contributed by atoms with Gasteiger partial charge in [0.1, 0.15) is 0 Å². The largest absolute Gasteiger partial charge is 0.175 e. The van der Waals surface area contributed by atoms with Crippen LogP contribution in [0.3, 0.4) is 0 Å². The summed E-state index contributed by atoms with van der Waals surface area (Å²) in [4.78, 5) is 0. The van der Waals surface area contributed by atoms with E-state index in [0.29, 0.717) is 0 Å². The second-order valence-corrected chi connectivity index (χ2v) is 9.20. The number of nitrogens with zero attached hydrogens (tertiary/aromatic N) is 4. The van der Waals surface area contributed by atoms with Crippen molar-refractivity contribution in [2.45, 2.75) is 30.2 Å². The van der Waals surface area contributed by atoms with Crippen molar-refractivity contribution in [3.8, 4) is 0 Å². The summed E-state index contributed by atoms with van der Waals surface area (Å²) in [7, 11) is 0. The minimum absolute atomic E-state index is 0.729. The highest BCUT2D eigenvalue weighted by molar-refractivity contribution is 8.01. The smallest absolute Gasteiger partial charge is 0.131 e.